The van der Waals surface area contributed by atoms with E-state index in [1.54, 1.807) is 34.9 Å². The van der Waals surface area contributed by atoms with Gasteiger partial charge in [0.25, 0.3) is 5.91 Å². The molecule has 3 aromatic rings. The van der Waals surface area contributed by atoms with E-state index in [9.17, 15) is 14.0 Å². The molecule has 1 saturated heterocycles. The maximum atomic E-state index is 14.0. The van der Waals surface area contributed by atoms with E-state index in [1.165, 1.54) is 19.2 Å². The predicted octanol–water partition coefficient (Wildman–Crippen LogP) is 6.55. The molecule has 0 saturated carbocycles. The summed E-state index contributed by atoms with van der Waals surface area (Å²) in [5.41, 5.74) is 1.45. The van der Waals surface area contributed by atoms with Gasteiger partial charge in [0, 0.05) is 36.5 Å². The number of anilines is 1. The number of nitrogens with one attached hydrogen (secondary N) is 1. The van der Waals surface area contributed by atoms with E-state index in [-0.39, 0.29) is 17.7 Å². The summed E-state index contributed by atoms with van der Waals surface area (Å²) in [5, 5.41) is 2.77. The van der Waals surface area contributed by atoms with E-state index >= 15 is 0 Å². The minimum atomic E-state index is -1.06. The molecule has 1 aliphatic heterocycles. The van der Waals surface area contributed by atoms with Crippen LogP contribution in [0.15, 0.2) is 55.8 Å². The SMILES string of the molecule is [C-]#[N+]C(Cc1ccc(F)cc1OCCC=C)NC(=O)c1cn2c(N3CCC(C)(OCC=C)CC3)c([C@H](OC(C)(C)C)C(=O)OC)c(C)cc2n1. The number of fused-ring (bicyclic) bond motifs is 1. The summed E-state index contributed by atoms with van der Waals surface area (Å²) < 4.78 is 39.2. The lowest BCUT2D eigenvalue weighted by molar-refractivity contribution is -0.164. The molecule has 3 heterocycles. The number of benzene rings is 1. The summed E-state index contributed by atoms with van der Waals surface area (Å²) in [5.74, 6) is -0.612. The van der Waals surface area contributed by atoms with Gasteiger partial charge in [-0.25, -0.2) is 20.7 Å². The number of piperidine rings is 1. The molecule has 1 amide bonds. The van der Waals surface area contributed by atoms with Crippen LogP contribution in [-0.2, 0) is 25.4 Å². The lowest BCUT2D eigenvalue weighted by Crippen LogP contribution is -2.45. The van der Waals surface area contributed by atoms with Crippen molar-refractivity contribution in [1.29, 1.82) is 0 Å². The summed E-state index contributed by atoms with van der Waals surface area (Å²) in [6.07, 6.45) is 5.07. The van der Waals surface area contributed by atoms with E-state index < -0.39 is 35.6 Å². The van der Waals surface area contributed by atoms with Gasteiger partial charge in [0.15, 0.2) is 6.10 Å². The molecular weight excluding hydrogens is 641 g/mol. The Morgan fingerprint density at radius 2 is 1.92 bits per heavy atom. The lowest BCUT2D eigenvalue weighted by Gasteiger charge is -2.41. The Hall–Kier alpha value is -4.73. The summed E-state index contributed by atoms with van der Waals surface area (Å²) in [4.78, 5) is 37.4. The third kappa shape index (κ3) is 9.28. The van der Waals surface area contributed by atoms with E-state index in [2.05, 4.69) is 40.1 Å². The molecule has 2 aromatic heterocycles. The average Bonchev–Trinajstić information content (AvgIpc) is 3.50. The molecule has 1 aliphatic rings. The van der Waals surface area contributed by atoms with Crippen molar-refractivity contribution >= 4 is 23.3 Å². The van der Waals surface area contributed by atoms with Gasteiger partial charge in [0.2, 0.25) is 0 Å². The molecular formula is C38H48FN5O6. The number of carbonyl (C=O) groups is 2. The highest BCUT2D eigenvalue weighted by molar-refractivity contribution is 5.93. The van der Waals surface area contributed by atoms with Gasteiger partial charge in [-0.2, -0.15) is 0 Å². The van der Waals surface area contributed by atoms with Crippen LogP contribution in [0.5, 0.6) is 5.75 Å². The highest BCUT2D eigenvalue weighted by Crippen LogP contribution is 2.39. The second-order valence-electron chi connectivity index (χ2n) is 13.6. The van der Waals surface area contributed by atoms with Gasteiger partial charge in [-0.1, -0.05) is 18.2 Å². The van der Waals surface area contributed by atoms with Gasteiger partial charge >= 0.3 is 12.1 Å². The van der Waals surface area contributed by atoms with Crippen molar-refractivity contribution < 1.29 is 32.9 Å². The number of imidazole rings is 1. The Morgan fingerprint density at radius 1 is 1.20 bits per heavy atom. The fourth-order valence-electron chi connectivity index (χ4n) is 5.93. The fourth-order valence-corrected chi connectivity index (χ4v) is 5.93. The smallest absolute Gasteiger partial charge is 0.339 e. The molecule has 1 N–H and O–H groups in total. The number of esters is 1. The third-order valence-corrected chi connectivity index (χ3v) is 8.50. The summed E-state index contributed by atoms with van der Waals surface area (Å²) >= 11 is 0. The Morgan fingerprint density at radius 3 is 2.54 bits per heavy atom. The monoisotopic (exact) mass is 689 g/mol. The molecule has 0 radical (unpaired) electrons. The first-order valence-corrected chi connectivity index (χ1v) is 16.7. The number of hydrogen-bond acceptors (Lipinski definition) is 8. The van der Waals surface area contributed by atoms with Crippen molar-refractivity contribution in [2.24, 2.45) is 0 Å². The molecule has 1 fully saturated rings. The number of ether oxygens (including phenoxy) is 4. The van der Waals surface area contributed by atoms with Crippen molar-refractivity contribution in [3.63, 3.8) is 0 Å². The first-order valence-electron chi connectivity index (χ1n) is 16.7. The summed E-state index contributed by atoms with van der Waals surface area (Å²) in [6, 6.07) is 5.91. The molecule has 0 bridgehead atoms. The lowest BCUT2D eigenvalue weighted by atomic mass is 9.92. The fraction of sp³-hybridized carbons (Fsp3) is 0.474. The number of pyridine rings is 1. The van der Waals surface area contributed by atoms with E-state index in [0.717, 1.165) is 5.56 Å². The van der Waals surface area contributed by atoms with Crippen LogP contribution in [0.25, 0.3) is 10.5 Å². The van der Waals surface area contributed by atoms with Crippen LogP contribution in [0.2, 0.25) is 0 Å². The second kappa shape index (κ2) is 16.3. The van der Waals surface area contributed by atoms with E-state index in [4.69, 9.17) is 25.5 Å². The van der Waals surface area contributed by atoms with Crippen LogP contribution in [0.4, 0.5) is 10.2 Å². The number of aryl methyl sites for hydroxylation is 1. The maximum absolute atomic E-state index is 14.0. The number of amides is 1. The molecule has 2 atom stereocenters. The van der Waals surface area contributed by atoms with Crippen LogP contribution < -0.4 is 15.0 Å². The number of halogens is 1. The number of carbonyl (C=O) groups excluding carboxylic acids is 2. The minimum Gasteiger partial charge on any atom is -0.493 e. The summed E-state index contributed by atoms with van der Waals surface area (Å²) in [7, 11) is 1.33. The van der Waals surface area contributed by atoms with E-state index in [0.29, 0.717) is 73.9 Å². The third-order valence-electron chi connectivity index (χ3n) is 8.50. The Labute approximate surface area is 293 Å². The topological polar surface area (TPSA) is 108 Å². The molecule has 1 unspecified atom stereocenters. The molecule has 4 rings (SSSR count). The molecule has 0 spiro atoms. The zero-order valence-electron chi connectivity index (χ0n) is 29.9. The van der Waals surface area contributed by atoms with Gasteiger partial charge in [0.05, 0.1) is 37.9 Å². The minimum absolute atomic E-state index is 0.0838. The Bertz CT molecular complexity index is 1750. The highest BCUT2D eigenvalue weighted by atomic mass is 19.1. The Balaban J connectivity index is 1.73. The molecule has 50 heavy (non-hydrogen) atoms. The van der Waals surface area contributed by atoms with Gasteiger partial charge < -0.3 is 23.8 Å². The van der Waals surface area contributed by atoms with Crippen LogP contribution in [-0.4, -0.2) is 72.0 Å². The van der Waals surface area contributed by atoms with Gasteiger partial charge in [-0.15, -0.1) is 13.2 Å². The highest BCUT2D eigenvalue weighted by Gasteiger charge is 2.38. The van der Waals surface area contributed by atoms with E-state index in [1.807, 2.05) is 27.7 Å². The molecule has 11 nitrogen and oxygen atoms in total. The Kier molecular flexibility index (Phi) is 12.4. The van der Waals surface area contributed by atoms with Gasteiger partial charge in [0.1, 0.15) is 28.7 Å². The van der Waals surface area contributed by atoms with Crippen molar-refractivity contribution in [1.82, 2.24) is 14.7 Å². The normalized spacial score (nSPS) is 15.5. The standard InChI is InChI=1S/C38H48FN5O6/c1-10-12-20-48-29-23-27(39)14-13-26(29)22-30(40-8)42-34(45)28-24-44-31(41-28)21-25(3)32(33(36(46)47-9)50-37(4,5)6)35(44)43-17-15-38(7,16-18-43)49-19-11-2/h10-11,13-14,21,23-24,30,33H,1-2,12,15-20,22H2,3-7,9H3,(H,42,45)/t30?,33-/m0/s1. The number of rotatable bonds is 15. The molecule has 1 aromatic carbocycles. The van der Waals surface area contributed by atoms with Gasteiger partial charge in [-0.3, -0.25) is 19.4 Å². The second-order valence-corrected chi connectivity index (χ2v) is 13.6. The van der Waals surface area contributed by atoms with Crippen molar-refractivity contribution in [2.75, 3.05) is 38.3 Å². The maximum Gasteiger partial charge on any atom is 0.339 e. The van der Waals surface area contributed by atoms with Crippen LogP contribution in [0.3, 0.4) is 0 Å². The number of nitrogens with zero attached hydrogens (tertiary/aromatic N) is 4. The van der Waals surface area contributed by atoms with Crippen LogP contribution in [0, 0.1) is 19.3 Å². The van der Waals surface area contributed by atoms with Crippen LogP contribution in [0.1, 0.15) is 80.2 Å². The number of aromatic nitrogens is 2. The zero-order valence-corrected chi connectivity index (χ0v) is 29.9. The molecule has 12 heteroatoms. The number of hydrogen-bond donors (Lipinski definition) is 1. The van der Waals surface area contributed by atoms with Crippen molar-refractivity contribution in [2.45, 2.75) is 83.8 Å². The predicted molar refractivity (Wildman–Crippen MR) is 190 cm³/mol. The molecule has 268 valence electrons. The zero-order chi connectivity index (χ0) is 36.6. The van der Waals surface area contributed by atoms with Gasteiger partial charge in [-0.05, 0) is 71.6 Å². The van der Waals surface area contributed by atoms with Crippen LogP contribution >= 0.6 is 0 Å². The van der Waals surface area contributed by atoms with Crippen molar-refractivity contribution in [3.05, 3.63) is 95.4 Å². The first-order chi connectivity index (χ1) is 23.7. The average molecular weight is 690 g/mol. The largest absolute Gasteiger partial charge is 0.493 e. The van der Waals surface area contributed by atoms with Crippen molar-refractivity contribution in [3.8, 4) is 5.75 Å². The molecule has 0 aliphatic carbocycles. The summed E-state index contributed by atoms with van der Waals surface area (Å²) in [6.45, 7) is 26.8. The quantitative estimate of drug-likeness (QED) is 0.0830. The first kappa shape index (κ1) is 38.1. The number of methoxy groups -OCH3 is 1.